The second-order valence-electron chi connectivity index (χ2n) is 6.86. The van der Waals surface area contributed by atoms with Crippen LogP contribution in [0, 0.1) is 6.92 Å². The van der Waals surface area contributed by atoms with Crippen molar-refractivity contribution in [2.24, 2.45) is 0 Å². The van der Waals surface area contributed by atoms with E-state index >= 15 is 0 Å². The number of hydrogen-bond acceptors (Lipinski definition) is 4. The monoisotopic (exact) mass is 336 g/mol. The molecular formula is C16H21ClN4O2. The van der Waals surface area contributed by atoms with Crippen LogP contribution in [0.1, 0.15) is 37.6 Å². The number of aryl methyl sites for hydroxylation is 1. The number of carbonyl (C=O) groups excluding carboxylic acids is 1. The summed E-state index contributed by atoms with van der Waals surface area (Å²) in [6.45, 7) is 8.71. The Kier molecular flexibility index (Phi) is 3.96. The Morgan fingerprint density at radius 3 is 2.70 bits per heavy atom. The predicted molar refractivity (Wildman–Crippen MR) is 87.9 cm³/mol. The molecule has 0 bridgehead atoms. The molecule has 3 rings (SSSR count). The van der Waals surface area contributed by atoms with Gasteiger partial charge in [-0.1, -0.05) is 11.6 Å². The molecule has 0 unspecified atom stereocenters. The molecule has 7 heteroatoms. The van der Waals surface area contributed by atoms with Gasteiger partial charge in [-0.3, -0.25) is 0 Å². The lowest BCUT2D eigenvalue weighted by molar-refractivity contribution is 0.0258. The third kappa shape index (κ3) is 3.13. The summed E-state index contributed by atoms with van der Waals surface area (Å²) >= 11 is 6.50. The van der Waals surface area contributed by atoms with E-state index in [1.165, 1.54) is 0 Å². The van der Waals surface area contributed by atoms with Crippen LogP contribution in [-0.4, -0.2) is 44.3 Å². The van der Waals surface area contributed by atoms with Gasteiger partial charge in [-0.25, -0.2) is 14.3 Å². The van der Waals surface area contributed by atoms with Crippen molar-refractivity contribution in [1.29, 1.82) is 0 Å². The summed E-state index contributed by atoms with van der Waals surface area (Å²) in [6.07, 6.45) is 2.79. The summed E-state index contributed by atoms with van der Waals surface area (Å²) in [6, 6.07) is 0. The Morgan fingerprint density at radius 2 is 2.00 bits per heavy atom. The highest BCUT2D eigenvalue weighted by Gasteiger charge is 2.26. The van der Waals surface area contributed by atoms with Crippen LogP contribution in [0.15, 0.2) is 6.20 Å². The summed E-state index contributed by atoms with van der Waals surface area (Å²) in [5.41, 5.74) is 3.18. The largest absolute Gasteiger partial charge is 0.444 e. The van der Waals surface area contributed by atoms with Gasteiger partial charge in [-0.15, -0.1) is 0 Å². The fraction of sp³-hybridized carbons (Fsp3) is 0.562. The second kappa shape index (κ2) is 5.67. The molecule has 2 aromatic rings. The summed E-state index contributed by atoms with van der Waals surface area (Å²) < 4.78 is 7.12. The van der Waals surface area contributed by atoms with Crippen LogP contribution >= 0.6 is 11.6 Å². The minimum Gasteiger partial charge on any atom is -0.444 e. The van der Waals surface area contributed by atoms with Crippen molar-refractivity contribution in [1.82, 2.24) is 19.5 Å². The van der Waals surface area contributed by atoms with Crippen molar-refractivity contribution in [2.75, 3.05) is 13.1 Å². The van der Waals surface area contributed by atoms with Gasteiger partial charge in [0, 0.05) is 30.6 Å². The van der Waals surface area contributed by atoms with E-state index in [1.807, 2.05) is 27.7 Å². The number of fused-ring (bicyclic) bond motifs is 2. The van der Waals surface area contributed by atoms with Crippen molar-refractivity contribution in [2.45, 2.75) is 46.1 Å². The predicted octanol–water partition coefficient (Wildman–Crippen LogP) is 3.03. The number of halogens is 1. The van der Waals surface area contributed by atoms with E-state index in [2.05, 4.69) is 5.10 Å². The molecular weight excluding hydrogens is 316 g/mol. The first-order chi connectivity index (χ1) is 10.8. The maximum atomic E-state index is 12.3. The van der Waals surface area contributed by atoms with Crippen LogP contribution in [-0.2, 0) is 17.6 Å². The minimum absolute atomic E-state index is 0.289. The lowest BCUT2D eigenvalue weighted by Gasteiger charge is -2.26. The first-order valence-electron chi connectivity index (χ1n) is 7.76. The second-order valence-corrected chi connectivity index (χ2v) is 7.22. The molecule has 0 atom stereocenters. The summed E-state index contributed by atoms with van der Waals surface area (Å²) in [5, 5.41) is 4.86. The van der Waals surface area contributed by atoms with E-state index in [0.29, 0.717) is 31.1 Å². The molecule has 3 heterocycles. The first kappa shape index (κ1) is 16.1. The van der Waals surface area contributed by atoms with Crippen LogP contribution in [0.25, 0.3) is 5.65 Å². The molecule has 1 aliphatic heterocycles. The van der Waals surface area contributed by atoms with Crippen LogP contribution in [0.3, 0.4) is 0 Å². The van der Waals surface area contributed by atoms with Gasteiger partial charge in [0.05, 0.1) is 11.9 Å². The molecule has 0 aliphatic carbocycles. The van der Waals surface area contributed by atoms with Gasteiger partial charge in [0.15, 0.2) is 5.65 Å². The summed E-state index contributed by atoms with van der Waals surface area (Å²) in [7, 11) is 0. The molecule has 0 fully saturated rings. The van der Waals surface area contributed by atoms with E-state index in [4.69, 9.17) is 21.3 Å². The minimum atomic E-state index is -0.496. The lowest BCUT2D eigenvalue weighted by atomic mass is 10.1. The maximum Gasteiger partial charge on any atom is 0.410 e. The van der Waals surface area contributed by atoms with Crippen molar-refractivity contribution in [3.63, 3.8) is 0 Å². The van der Waals surface area contributed by atoms with Gasteiger partial charge in [0.25, 0.3) is 0 Å². The van der Waals surface area contributed by atoms with Crippen molar-refractivity contribution in [3.05, 3.63) is 28.2 Å². The molecule has 1 aliphatic rings. The average molecular weight is 337 g/mol. The normalized spacial score (nSPS) is 15.4. The number of nitrogens with zero attached hydrogens (tertiary/aromatic N) is 4. The zero-order valence-corrected chi connectivity index (χ0v) is 14.6. The topological polar surface area (TPSA) is 59.7 Å². The molecule has 6 nitrogen and oxygen atoms in total. The molecule has 0 aromatic carbocycles. The molecule has 124 valence electrons. The maximum absolute atomic E-state index is 12.3. The average Bonchev–Trinajstić information content (AvgIpc) is 2.69. The van der Waals surface area contributed by atoms with Crippen molar-refractivity contribution >= 4 is 23.3 Å². The number of aromatic nitrogens is 3. The van der Waals surface area contributed by atoms with Crippen molar-refractivity contribution in [3.8, 4) is 0 Å². The molecule has 0 saturated carbocycles. The highest BCUT2D eigenvalue weighted by atomic mass is 35.5. The number of amides is 1. The first-order valence-corrected chi connectivity index (χ1v) is 8.13. The summed E-state index contributed by atoms with van der Waals surface area (Å²) in [4.78, 5) is 18.7. The molecule has 0 radical (unpaired) electrons. The SMILES string of the molecule is Cc1cnn2c(Cl)c3c(nc12)CCN(C(=O)OC(C)(C)C)CC3. The highest BCUT2D eigenvalue weighted by Crippen LogP contribution is 2.25. The third-order valence-electron chi connectivity index (χ3n) is 3.85. The number of ether oxygens (including phenoxy) is 1. The van der Waals surface area contributed by atoms with E-state index < -0.39 is 5.60 Å². The fourth-order valence-electron chi connectivity index (χ4n) is 2.71. The fourth-order valence-corrected chi connectivity index (χ4v) is 3.04. The Balaban J connectivity index is 1.87. The summed E-state index contributed by atoms with van der Waals surface area (Å²) in [5.74, 6) is 0. The molecule has 0 N–H and O–H groups in total. The van der Waals surface area contributed by atoms with Gasteiger partial charge >= 0.3 is 6.09 Å². The molecule has 0 saturated heterocycles. The van der Waals surface area contributed by atoms with E-state index in [9.17, 15) is 4.79 Å². The number of hydrogen-bond donors (Lipinski definition) is 0. The Hall–Kier alpha value is -1.82. The third-order valence-corrected chi connectivity index (χ3v) is 4.23. The number of carbonyl (C=O) groups is 1. The van der Waals surface area contributed by atoms with Crippen molar-refractivity contribution < 1.29 is 9.53 Å². The lowest BCUT2D eigenvalue weighted by Crippen LogP contribution is -2.38. The standard InChI is InChI=1S/C16H21ClN4O2/c1-10-9-18-21-13(17)11-5-7-20(15(22)23-16(2,3)4)8-6-12(11)19-14(10)21/h9H,5-8H2,1-4H3. The van der Waals surface area contributed by atoms with Crippen LogP contribution in [0.4, 0.5) is 4.79 Å². The molecule has 0 spiro atoms. The van der Waals surface area contributed by atoms with Gasteiger partial charge in [-0.05, 0) is 34.1 Å². The van der Waals surface area contributed by atoms with Gasteiger partial charge < -0.3 is 9.64 Å². The molecule has 2 aromatic heterocycles. The van der Waals surface area contributed by atoms with Gasteiger partial charge in [0.1, 0.15) is 10.8 Å². The zero-order valence-electron chi connectivity index (χ0n) is 13.9. The van der Waals surface area contributed by atoms with E-state index in [-0.39, 0.29) is 6.09 Å². The van der Waals surface area contributed by atoms with Crippen LogP contribution < -0.4 is 0 Å². The Labute approximate surface area is 140 Å². The van der Waals surface area contributed by atoms with Crippen LogP contribution in [0.5, 0.6) is 0 Å². The Bertz CT molecular complexity index is 764. The van der Waals surface area contributed by atoms with E-state index in [0.717, 1.165) is 22.5 Å². The number of rotatable bonds is 0. The van der Waals surface area contributed by atoms with E-state index in [1.54, 1.807) is 15.6 Å². The van der Waals surface area contributed by atoms with Crippen LogP contribution in [0.2, 0.25) is 5.15 Å². The van der Waals surface area contributed by atoms with Gasteiger partial charge in [-0.2, -0.15) is 5.10 Å². The smallest absolute Gasteiger partial charge is 0.410 e. The molecule has 1 amide bonds. The highest BCUT2D eigenvalue weighted by molar-refractivity contribution is 6.30. The Morgan fingerprint density at radius 1 is 1.30 bits per heavy atom. The zero-order chi connectivity index (χ0) is 16.8. The molecule has 23 heavy (non-hydrogen) atoms. The quantitative estimate of drug-likeness (QED) is 0.694. The van der Waals surface area contributed by atoms with Gasteiger partial charge in [0.2, 0.25) is 0 Å².